The highest BCUT2D eigenvalue weighted by Gasteiger charge is 2.39. The number of hydrogen-bond acceptors (Lipinski definition) is 3. The van der Waals surface area contributed by atoms with Crippen LogP contribution >= 0.6 is 0 Å². The van der Waals surface area contributed by atoms with Gasteiger partial charge in [0.05, 0.1) is 0 Å². The van der Waals surface area contributed by atoms with Gasteiger partial charge in [-0.05, 0) is 81.5 Å². The summed E-state index contributed by atoms with van der Waals surface area (Å²) < 4.78 is 0. The van der Waals surface area contributed by atoms with Gasteiger partial charge in [-0.15, -0.1) is 0 Å². The number of Topliss-reactive ketones (excluding diaryl/α,β-unsaturated/α-hetero) is 2. The van der Waals surface area contributed by atoms with Crippen molar-refractivity contribution in [3.8, 4) is 0 Å². The predicted molar refractivity (Wildman–Crippen MR) is 127 cm³/mol. The summed E-state index contributed by atoms with van der Waals surface area (Å²) in [7, 11) is 0. The molecule has 3 saturated carbocycles. The van der Waals surface area contributed by atoms with Crippen LogP contribution in [0.15, 0.2) is 0 Å². The lowest BCUT2D eigenvalue weighted by Gasteiger charge is -2.44. The molecule has 1 heterocycles. The van der Waals surface area contributed by atoms with E-state index in [0.29, 0.717) is 54.6 Å². The van der Waals surface area contributed by atoms with Crippen LogP contribution in [0.4, 0.5) is 0 Å². The molecule has 0 aromatic carbocycles. The predicted octanol–water partition coefficient (Wildman–Crippen LogP) is 6.11. The Labute approximate surface area is 195 Å². The lowest BCUT2D eigenvalue weighted by Crippen LogP contribution is -2.49. The van der Waals surface area contributed by atoms with Gasteiger partial charge in [0.15, 0.2) is 0 Å². The second-order valence-electron chi connectivity index (χ2n) is 11.6. The van der Waals surface area contributed by atoms with Crippen LogP contribution in [-0.2, 0) is 14.4 Å². The maximum atomic E-state index is 13.1. The number of fused-ring (bicyclic) bond motifs is 2. The van der Waals surface area contributed by atoms with E-state index in [9.17, 15) is 14.4 Å². The molecule has 0 aromatic heterocycles. The van der Waals surface area contributed by atoms with E-state index in [0.717, 1.165) is 57.4 Å². The maximum Gasteiger partial charge on any atom is 0.223 e. The molecule has 1 amide bonds. The van der Waals surface area contributed by atoms with Crippen molar-refractivity contribution in [1.29, 1.82) is 0 Å². The molecule has 4 heteroatoms. The molecule has 4 fully saturated rings. The fraction of sp³-hybridized carbons (Fsp3) is 0.893. The van der Waals surface area contributed by atoms with E-state index in [1.165, 1.54) is 44.9 Å². The van der Waals surface area contributed by atoms with Crippen molar-refractivity contribution in [1.82, 2.24) is 4.90 Å². The van der Waals surface area contributed by atoms with Crippen molar-refractivity contribution < 1.29 is 14.4 Å². The lowest BCUT2D eigenvalue weighted by molar-refractivity contribution is -0.138. The van der Waals surface area contributed by atoms with Crippen LogP contribution in [-0.4, -0.2) is 35.0 Å². The average molecular weight is 444 g/mol. The molecule has 32 heavy (non-hydrogen) atoms. The Kier molecular flexibility index (Phi) is 8.45. The van der Waals surface area contributed by atoms with Gasteiger partial charge in [-0.1, -0.05) is 32.6 Å². The zero-order valence-electron chi connectivity index (χ0n) is 20.4. The first-order valence-electron chi connectivity index (χ1n) is 13.9. The quantitative estimate of drug-likeness (QED) is 0.477. The van der Waals surface area contributed by atoms with Crippen molar-refractivity contribution in [3.63, 3.8) is 0 Å². The highest BCUT2D eigenvalue weighted by Crippen LogP contribution is 2.42. The third-order valence-corrected chi connectivity index (χ3v) is 9.33. The van der Waals surface area contributed by atoms with Crippen LogP contribution in [0.25, 0.3) is 0 Å². The van der Waals surface area contributed by atoms with E-state index in [1.54, 1.807) is 0 Å². The largest absolute Gasteiger partial charge is 0.339 e. The summed E-state index contributed by atoms with van der Waals surface area (Å²) in [4.78, 5) is 40.6. The fourth-order valence-corrected chi connectivity index (χ4v) is 7.57. The molecule has 0 aromatic rings. The molecule has 6 unspecified atom stereocenters. The standard InChI is InChI=1S/C28H45NO3/c1-20(18-28(32)29-17-7-10-21-8-2-5-13-26(21)29)15-16-23(30)19-22-9-6-14-27(31)25-12-4-3-11-24(22)25/h20-22,24-26H,2-19H2,1H3. The molecule has 0 radical (unpaired) electrons. The minimum atomic E-state index is 0.230. The van der Waals surface area contributed by atoms with E-state index in [1.807, 2.05) is 0 Å². The van der Waals surface area contributed by atoms with E-state index in [-0.39, 0.29) is 11.8 Å². The van der Waals surface area contributed by atoms with Crippen LogP contribution in [0.2, 0.25) is 0 Å². The van der Waals surface area contributed by atoms with Crippen molar-refractivity contribution in [3.05, 3.63) is 0 Å². The Hall–Kier alpha value is -1.19. The number of piperidine rings is 1. The Bertz CT molecular complexity index is 672. The van der Waals surface area contributed by atoms with Crippen LogP contribution in [0.5, 0.6) is 0 Å². The summed E-state index contributed by atoms with van der Waals surface area (Å²) in [6.07, 6.45) is 17.5. The summed E-state index contributed by atoms with van der Waals surface area (Å²) in [6, 6.07) is 0.486. The average Bonchev–Trinajstić information content (AvgIpc) is 2.96. The summed E-state index contributed by atoms with van der Waals surface area (Å²) >= 11 is 0. The molecule has 3 aliphatic carbocycles. The monoisotopic (exact) mass is 443 g/mol. The zero-order chi connectivity index (χ0) is 22.5. The number of likely N-dealkylation sites (tertiary alicyclic amines) is 1. The summed E-state index contributed by atoms with van der Waals surface area (Å²) in [5.41, 5.74) is 0. The molecule has 0 N–H and O–H groups in total. The first-order chi connectivity index (χ1) is 15.5. The second kappa shape index (κ2) is 11.3. The van der Waals surface area contributed by atoms with Gasteiger partial charge in [0.2, 0.25) is 5.91 Å². The van der Waals surface area contributed by atoms with Gasteiger partial charge in [-0.25, -0.2) is 0 Å². The minimum absolute atomic E-state index is 0.230. The van der Waals surface area contributed by atoms with Gasteiger partial charge < -0.3 is 4.90 Å². The van der Waals surface area contributed by atoms with Crippen molar-refractivity contribution in [2.45, 2.75) is 122 Å². The van der Waals surface area contributed by atoms with Crippen molar-refractivity contribution >= 4 is 17.5 Å². The number of carbonyl (C=O) groups excluding carboxylic acids is 3. The number of nitrogens with zero attached hydrogens (tertiary/aromatic N) is 1. The Balaban J connectivity index is 1.23. The smallest absolute Gasteiger partial charge is 0.223 e. The Morgan fingerprint density at radius 3 is 2.56 bits per heavy atom. The summed E-state index contributed by atoms with van der Waals surface area (Å²) in [5.74, 6) is 3.24. The van der Waals surface area contributed by atoms with Gasteiger partial charge in [-0.2, -0.15) is 0 Å². The van der Waals surface area contributed by atoms with Gasteiger partial charge in [0.25, 0.3) is 0 Å². The van der Waals surface area contributed by atoms with Gasteiger partial charge in [-0.3, -0.25) is 14.4 Å². The Morgan fingerprint density at radius 1 is 0.938 bits per heavy atom. The number of carbonyl (C=O) groups is 3. The summed E-state index contributed by atoms with van der Waals surface area (Å²) in [6.45, 7) is 3.09. The van der Waals surface area contributed by atoms with E-state index >= 15 is 0 Å². The molecule has 1 aliphatic heterocycles. The normalized spacial score (nSPS) is 34.2. The van der Waals surface area contributed by atoms with E-state index in [2.05, 4.69) is 11.8 Å². The third kappa shape index (κ3) is 5.83. The molecule has 0 bridgehead atoms. The molecular formula is C28H45NO3. The number of amides is 1. The topological polar surface area (TPSA) is 54.5 Å². The molecule has 180 valence electrons. The maximum absolute atomic E-state index is 13.1. The summed E-state index contributed by atoms with van der Waals surface area (Å²) in [5, 5.41) is 0. The molecule has 4 rings (SSSR count). The molecular weight excluding hydrogens is 398 g/mol. The molecule has 1 saturated heterocycles. The third-order valence-electron chi connectivity index (χ3n) is 9.33. The van der Waals surface area contributed by atoms with E-state index < -0.39 is 0 Å². The molecule has 4 nitrogen and oxygen atoms in total. The van der Waals surface area contributed by atoms with Crippen LogP contribution in [0.3, 0.4) is 0 Å². The van der Waals surface area contributed by atoms with Crippen LogP contribution < -0.4 is 0 Å². The van der Waals surface area contributed by atoms with Gasteiger partial charge >= 0.3 is 0 Å². The molecule has 4 aliphatic rings. The van der Waals surface area contributed by atoms with Gasteiger partial charge in [0.1, 0.15) is 11.6 Å². The zero-order valence-corrected chi connectivity index (χ0v) is 20.4. The highest BCUT2D eigenvalue weighted by molar-refractivity contribution is 5.82. The number of rotatable bonds is 7. The first kappa shape index (κ1) is 24.0. The van der Waals surface area contributed by atoms with Gasteiger partial charge in [0, 0.05) is 44.2 Å². The minimum Gasteiger partial charge on any atom is -0.339 e. The van der Waals surface area contributed by atoms with Crippen molar-refractivity contribution in [2.75, 3.05) is 6.54 Å². The van der Waals surface area contributed by atoms with Crippen LogP contribution in [0.1, 0.15) is 116 Å². The number of hydrogen-bond donors (Lipinski definition) is 0. The second-order valence-corrected chi connectivity index (χ2v) is 11.6. The number of ketones is 2. The SMILES string of the molecule is CC(CCC(=O)CC1CCCC(=O)C2CCCCC12)CC(=O)N1CCCC2CCCCC21. The highest BCUT2D eigenvalue weighted by atomic mass is 16.2. The van der Waals surface area contributed by atoms with E-state index in [4.69, 9.17) is 0 Å². The molecule has 6 atom stereocenters. The first-order valence-corrected chi connectivity index (χ1v) is 13.9. The molecule has 0 spiro atoms. The fourth-order valence-electron chi connectivity index (χ4n) is 7.57. The Morgan fingerprint density at radius 2 is 1.69 bits per heavy atom. The van der Waals surface area contributed by atoms with Crippen LogP contribution in [0, 0.1) is 29.6 Å². The lowest BCUT2D eigenvalue weighted by atomic mass is 9.70. The van der Waals surface area contributed by atoms with Crippen molar-refractivity contribution in [2.24, 2.45) is 29.6 Å².